The number of carbonyl (C=O) groups excluding carboxylic acids is 1. The minimum absolute atomic E-state index is 0.104. The second-order valence-corrected chi connectivity index (χ2v) is 6.81. The van der Waals surface area contributed by atoms with E-state index < -0.39 is 6.10 Å². The predicted molar refractivity (Wildman–Crippen MR) is 113 cm³/mol. The lowest BCUT2D eigenvalue weighted by atomic mass is 10.0. The summed E-state index contributed by atoms with van der Waals surface area (Å²) in [6, 6.07) is 27.2. The quantitative estimate of drug-likeness (QED) is 0.630. The zero-order valence-corrected chi connectivity index (χ0v) is 16.2. The number of nitrogens with zero attached hydrogens (tertiary/aromatic N) is 2. The predicted octanol–water partition coefficient (Wildman–Crippen LogP) is 4.42. The molecule has 4 rings (SSSR count). The normalized spacial score (nSPS) is 15.3. The lowest BCUT2D eigenvalue weighted by Crippen LogP contribution is -2.39. The van der Waals surface area contributed by atoms with Crippen molar-refractivity contribution in [3.05, 3.63) is 96.1 Å². The smallest absolute Gasteiger partial charge is 0.271 e. The summed E-state index contributed by atoms with van der Waals surface area (Å²) < 4.78 is 5.20. The third-order valence-corrected chi connectivity index (χ3v) is 4.88. The van der Waals surface area contributed by atoms with Crippen LogP contribution in [-0.2, 0) is 16.2 Å². The highest BCUT2D eigenvalue weighted by Crippen LogP contribution is 2.24. The molecule has 0 unspecified atom stereocenters. The van der Waals surface area contributed by atoms with Crippen molar-refractivity contribution >= 4 is 17.3 Å². The van der Waals surface area contributed by atoms with Crippen molar-refractivity contribution in [3.8, 4) is 5.75 Å². The minimum atomic E-state index is -0.643. The summed E-state index contributed by atoms with van der Waals surface area (Å²) in [7, 11) is 1.63. The fourth-order valence-corrected chi connectivity index (χ4v) is 3.31. The average Bonchev–Trinajstić information content (AvgIpc) is 3.29. The lowest BCUT2D eigenvalue weighted by Gasteiger charge is -2.25. The number of hydrogen-bond acceptors (Lipinski definition) is 4. The molecule has 0 saturated heterocycles. The molecule has 0 fully saturated rings. The number of carbonyl (C=O) groups is 1. The summed E-state index contributed by atoms with van der Waals surface area (Å²) in [4.78, 5) is 20.6. The van der Waals surface area contributed by atoms with E-state index in [4.69, 9.17) is 9.57 Å². The number of oxime groups is 1. The Labute approximate surface area is 170 Å². The van der Waals surface area contributed by atoms with Crippen LogP contribution in [0.3, 0.4) is 0 Å². The van der Waals surface area contributed by atoms with Gasteiger partial charge < -0.3 is 14.5 Å². The Morgan fingerprint density at radius 2 is 1.66 bits per heavy atom. The molecule has 1 heterocycles. The van der Waals surface area contributed by atoms with Gasteiger partial charge in [-0.2, -0.15) is 0 Å². The molecule has 146 valence electrons. The second kappa shape index (κ2) is 8.61. The summed E-state index contributed by atoms with van der Waals surface area (Å²) >= 11 is 0. The number of anilines is 1. The van der Waals surface area contributed by atoms with Crippen LogP contribution in [0.15, 0.2) is 90.1 Å². The molecule has 0 spiro atoms. The van der Waals surface area contributed by atoms with Gasteiger partial charge in [-0.1, -0.05) is 53.7 Å². The van der Waals surface area contributed by atoms with Crippen molar-refractivity contribution in [3.63, 3.8) is 0 Å². The Morgan fingerprint density at radius 3 is 2.31 bits per heavy atom. The van der Waals surface area contributed by atoms with Gasteiger partial charge in [-0.15, -0.1) is 0 Å². The molecule has 5 heteroatoms. The van der Waals surface area contributed by atoms with Crippen LogP contribution in [0, 0.1) is 0 Å². The van der Waals surface area contributed by atoms with Gasteiger partial charge in [-0.25, -0.2) is 0 Å². The Balaban J connectivity index is 1.52. The van der Waals surface area contributed by atoms with Gasteiger partial charge in [0, 0.05) is 12.1 Å². The summed E-state index contributed by atoms with van der Waals surface area (Å²) in [5.41, 5.74) is 3.58. The topological polar surface area (TPSA) is 51.1 Å². The SMILES string of the molecule is COc1ccc(C2=NO[C@H](C(=O)N(Cc3ccccc3)c3ccccc3)C2)cc1. The van der Waals surface area contributed by atoms with Crippen LogP contribution < -0.4 is 9.64 Å². The second-order valence-electron chi connectivity index (χ2n) is 6.81. The van der Waals surface area contributed by atoms with E-state index in [1.165, 1.54) is 0 Å². The highest BCUT2D eigenvalue weighted by molar-refractivity contribution is 6.06. The molecular weight excluding hydrogens is 364 g/mol. The average molecular weight is 386 g/mol. The van der Waals surface area contributed by atoms with Crippen molar-refractivity contribution in [1.82, 2.24) is 0 Å². The minimum Gasteiger partial charge on any atom is -0.497 e. The Morgan fingerprint density at radius 1 is 1.00 bits per heavy atom. The number of benzene rings is 3. The van der Waals surface area contributed by atoms with Crippen LogP contribution >= 0.6 is 0 Å². The van der Waals surface area contributed by atoms with Gasteiger partial charge in [-0.05, 0) is 47.5 Å². The van der Waals surface area contributed by atoms with Crippen LogP contribution in [0.25, 0.3) is 0 Å². The zero-order chi connectivity index (χ0) is 20.1. The molecule has 1 aliphatic rings. The Hall–Kier alpha value is -3.60. The van der Waals surface area contributed by atoms with E-state index in [0.29, 0.717) is 13.0 Å². The van der Waals surface area contributed by atoms with Gasteiger partial charge in [0.25, 0.3) is 5.91 Å². The molecule has 3 aromatic rings. The maximum Gasteiger partial charge on any atom is 0.271 e. The Kier molecular flexibility index (Phi) is 5.56. The molecule has 1 aliphatic heterocycles. The molecular formula is C24H22N2O3. The Bertz CT molecular complexity index is 986. The van der Waals surface area contributed by atoms with Crippen LogP contribution in [-0.4, -0.2) is 24.8 Å². The highest BCUT2D eigenvalue weighted by Gasteiger charge is 2.33. The maximum atomic E-state index is 13.3. The molecule has 0 radical (unpaired) electrons. The molecule has 0 aliphatic carbocycles. The molecule has 0 aromatic heterocycles. The number of amides is 1. The van der Waals surface area contributed by atoms with Crippen molar-refractivity contribution in [2.24, 2.45) is 5.16 Å². The maximum absolute atomic E-state index is 13.3. The van der Waals surface area contributed by atoms with Crippen LogP contribution in [0.4, 0.5) is 5.69 Å². The first-order valence-corrected chi connectivity index (χ1v) is 9.52. The number of hydrogen-bond donors (Lipinski definition) is 0. The van der Waals surface area contributed by atoms with Crippen molar-refractivity contribution < 1.29 is 14.4 Å². The summed E-state index contributed by atoms with van der Waals surface area (Å²) in [6.07, 6.45) is -0.209. The number of rotatable bonds is 6. The van der Waals surface area contributed by atoms with Gasteiger partial charge in [0.1, 0.15) is 5.75 Å². The third-order valence-electron chi connectivity index (χ3n) is 4.88. The van der Waals surface area contributed by atoms with E-state index in [9.17, 15) is 4.79 Å². The van der Waals surface area contributed by atoms with Crippen molar-refractivity contribution in [2.45, 2.75) is 19.1 Å². The van der Waals surface area contributed by atoms with E-state index in [0.717, 1.165) is 28.3 Å². The van der Waals surface area contributed by atoms with Crippen LogP contribution in [0.1, 0.15) is 17.5 Å². The highest BCUT2D eigenvalue weighted by atomic mass is 16.6. The van der Waals surface area contributed by atoms with Crippen molar-refractivity contribution in [1.29, 1.82) is 0 Å². The van der Waals surface area contributed by atoms with Gasteiger partial charge in [-0.3, -0.25) is 4.79 Å². The number of methoxy groups -OCH3 is 1. The molecule has 3 aromatic carbocycles. The largest absolute Gasteiger partial charge is 0.497 e. The summed E-state index contributed by atoms with van der Waals surface area (Å²) in [5.74, 6) is 0.673. The first kappa shape index (κ1) is 18.7. The van der Waals surface area contributed by atoms with Gasteiger partial charge in [0.05, 0.1) is 19.4 Å². The number of para-hydroxylation sites is 1. The standard InChI is InChI=1S/C24H22N2O3/c1-28-21-14-12-19(13-15-21)22-16-23(29-25-22)24(27)26(20-10-6-3-7-11-20)17-18-8-4-2-5-9-18/h2-15,23H,16-17H2,1H3/t23-/m0/s1. The van der Waals surface area contributed by atoms with E-state index >= 15 is 0 Å². The first-order chi connectivity index (χ1) is 14.2. The first-order valence-electron chi connectivity index (χ1n) is 9.52. The van der Waals surface area contributed by atoms with Crippen LogP contribution in [0.5, 0.6) is 5.75 Å². The lowest BCUT2D eigenvalue weighted by molar-refractivity contribution is -0.128. The van der Waals surface area contributed by atoms with Crippen molar-refractivity contribution in [2.75, 3.05) is 12.0 Å². The van der Waals surface area contributed by atoms with E-state index in [-0.39, 0.29) is 5.91 Å². The molecule has 5 nitrogen and oxygen atoms in total. The van der Waals surface area contributed by atoms with Gasteiger partial charge in [0.2, 0.25) is 6.10 Å². The van der Waals surface area contributed by atoms with E-state index in [2.05, 4.69) is 5.16 Å². The fourth-order valence-electron chi connectivity index (χ4n) is 3.31. The third kappa shape index (κ3) is 4.29. The summed E-state index contributed by atoms with van der Waals surface area (Å²) in [5, 5.41) is 4.18. The number of ether oxygens (including phenoxy) is 1. The van der Waals surface area contributed by atoms with E-state index in [1.807, 2.05) is 84.9 Å². The molecule has 1 amide bonds. The molecule has 0 N–H and O–H groups in total. The monoisotopic (exact) mass is 386 g/mol. The van der Waals surface area contributed by atoms with E-state index in [1.54, 1.807) is 12.0 Å². The zero-order valence-electron chi connectivity index (χ0n) is 16.2. The van der Waals surface area contributed by atoms with Gasteiger partial charge in [0.15, 0.2) is 0 Å². The molecule has 1 atom stereocenters. The fraction of sp³-hybridized carbons (Fsp3) is 0.167. The van der Waals surface area contributed by atoms with Crippen LogP contribution in [0.2, 0.25) is 0 Å². The molecule has 29 heavy (non-hydrogen) atoms. The molecule has 0 bridgehead atoms. The summed E-state index contributed by atoms with van der Waals surface area (Å²) in [6.45, 7) is 0.474. The molecule has 0 saturated carbocycles. The van der Waals surface area contributed by atoms with Gasteiger partial charge >= 0.3 is 0 Å².